The Morgan fingerprint density at radius 1 is 0.684 bits per heavy atom. The van der Waals surface area contributed by atoms with Crippen molar-refractivity contribution in [2.45, 2.75) is 13.2 Å². The summed E-state index contributed by atoms with van der Waals surface area (Å²) in [6.07, 6.45) is 2.14. The second-order valence-electron chi connectivity index (χ2n) is 8.25. The van der Waals surface area contributed by atoms with E-state index in [4.69, 9.17) is 14.2 Å². The van der Waals surface area contributed by atoms with E-state index in [1.165, 1.54) is 12.1 Å². The van der Waals surface area contributed by atoms with Crippen LogP contribution in [-0.4, -0.2) is 17.9 Å². The number of hydrogen-bond donors (Lipinski definition) is 0. The minimum absolute atomic E-state index is 0.127. The molecule has 0 spiro atoms. The highest BCUT2D eigenvalue weighted by molar-refractivity contribution is 5.97. The summed E-state index contributed by atoms with van der Waals surface area (Å²) >= 11 is 0. The summed E-state index contributed by atoms with van der Waals surface area (Å²) in [5, 5.41) is 1.73. The van der Waals surface area contributed by atoms with Crippen LogP contribution >= 0.6 is 0 Å². The van der Waals surface area contributed by atoms with Crippen molar-refractivity contribution in [1.82, 2.24) is 0 Å². The van der Waals surface area contributed by atoms with E-state index < -0.39 is 23.7 Å². The smallest absolute Gasteiger partial charge is 0.343 e. The van der Waals surface area contributed by atoms with Gasteiger partial charge in [-0.05, 0) is 63.4 Å². The highest BCUT2D eigenvalue weighted by atomic mass is 19.1. The molecule has 0 aliphatic carbocycles. The summed E-state index contributed by atoms with van der Waals surface area (Å²) in [4.78, 5) is 35.1. The van der Waals surface area contributed by atoms with Crippen molar-refractivity contribution >= 4 is 28.7 Å². The first-order valence-corrected chi connectivity index (χ1v) is 11.6. The fourth-order valence-electron chi connectivity index (χ4n) is 3.65. The number of benzene rings is 4. The molecular formula is C31H23FO6. The maximum Gasteiger partial charge on any atom is 0.343 e. The maximum absolute atomic E-state index is 14.4. The fraction of sp³-hybridized carbons (Fsp3) is 0.0645. The summed E-state index contributed by atoms with van der Waals surface area (Å²) < 4.78 is 29.6. The first-order chi connectivity index (χ1) is 18.4. The molecule has 0 atom stereocenters. The molecule has 0 bridgehead atoms. The Morgan fingerprint density at radius 3 is 1.92 bits per heavy atom. The third-order valence-corrected chi connectivity index (χ3v) is 5.66. The number of esters is 3. The molecule has 0 saturated heterocycles. The van der Waals surface area contributed by atoms with Crippen LogP contribution in [0.15, 0.2) is 104 Å². The zero-order chi connectivity index (χ0) is 27.1. The molecule has 0 fully saturated rings. The number of fused-ring (bicyclic) bond motifs is 1. The number of hydrogen-bond acceptors (Lipinski definition) is 6. The summed E-state index contributed by atoms with van der Waals surface area (Å²) in [7, 11) is 0. The summed E-state index contributed by atoms with van der Waals surface area (Å²) in [6.45, 7) is 6.71. The minimum atomic E-state index is -0.749. The van der Waals surface area contributed by atoms with Crippen LogP contribution in [-0.2, 0) is 32.3 Å². The van der Waals surface area contributed by atoms with Crippen LogP contribution in [0.3, 0.4) is 0 Å². The number of ether oxygens (including phenoxy) is 3. The number of carbonyl (C=O) groups excluding carboxylic acids is 3. The molecule has 6 nitrogen and oxygen atoms in total. The molecular weight excluding hydrogens is 487 g/mol. The van der Waals surface area contributed by atoms with E-state index >= 15 is 0 Å². The van der Waals surface area contributed by atoms with Gasteiger partial charge in [0, 0.05) is 12.2 Å². The lowest BCUT2D eigenvalue weighted by Gasteiger charge is -2.09. The summed E-state index contributed by atoms with van der Waals surface area (Å²) in [5.74, 6) is -2.77. The van der Waals surface area contributed by atoms with E-state index in [9.17, 15) is 18.8 Å². The SMILES string of the molecule is C=CC(=O)OCc1ccc(-c2ccc3cc(C(=O)Oc4ccc(COC(=O)C=C)cc4F)ccc3c2)cc1. The molecule has 0 amide bonds. The van der Waals surface area contributed by atoms with Gasteiger partial charge in [-0.2, -0.15) is 0 Å². The summed E-state index contributed by atoms with van der Waals surface area (Å²) in [5.41, 5.74) is 3.49. The van der Waals surface area contributed by atoms with Crippen molar-refractivity contribution in [1.29, 1.82) is 0 Å². The van der Waals surface area contributed by atoms with Crippen LogP contribution in [0, 0.1) is 5.82 Å². The van der Waals surface area contributed by atoms with E-state index in [1.54, 1.807) is 18.2 Å². The molecule has 190 valence electrons. The Labute approximate surface area is 218 Å². The van der Waals surface area contributed by atoms with E-state index in [0.717, 1.165) is 45.7 Å². The van der Waals surface area contributed by atoms with Crippen molar-refractivity contribution < 1.29 is 33.0 Å². The normalized spacial score (nSPS) is 10.4. The molecule has 0 heterocycles. The van der Waals surface area contributed by atoms with Gasteiger partial charge in [-0.25, -0.2) is 18.8 Å². The monoisotopic (exact) mass is 510 g/mol. The number of rotatable bonds is 9. The van der Waals surface area contributed by atoms with Gasteiger partial charge in [0.25, 0.3) is 0 Å². The van der Waals surface area contributed by atoms with Crippen LogP contribution < -0.4 is 4.74 Å². The Hall–Kier alpha value is -5.04. The second-order valence-corrected chi connectivity index (χ2v) is 8.25. The van der Waals surface area contributed by atoms with Crippen LogP contribution in [0.4, 0.5) is 4.39 Å². The zero-order valence-electron chi connectivity index (χ0n) is 20.3. The molecule has 4 rings (SSSR count). The van der Waals surface area contributed by atoms with Gasteiger partial charge in [0.2, 0.25) is 0 Å². The van der Waals surface area contributed by atoms with E-state index in [-0.39, 0.29) is 24.5 Å². The molecule has 4 aromatic rings. The Kier molecular flexibility index (Phi) is 8.08. The van der Waals surface area contributed by atoms with Crippen LogP contribution in [0.1, 0.15) is 21.5 Å². The third kappa shape index (κ3) is 6.39. The molecule has 0 unspecified atom stereocenters. The van der Waals surface area contributed by atoms with E-state index in [2.05, 4.69) is 13.2 Å². The van der Waals surface area contributed by atoms with Gasteiger partial charge in [-0.3, -0.25) is 0 Å². The lowest BCUT2D eigenvalue weighted by atomic mass is 9.99. The van der Waals surface area contributed by atoms with Crippen molar-refractivity contribution in [3.8, 4) is 16.9 Å². The highest BCUT2D eigenvalue weighted by Gasteiger charge is 2.14. The molecule has 0 radical (unpaired) electrons. The Morgan fingerprint density at radius 2 is 1.26 bits per heavy atom. The molecule has 0 aliphatic rings. The fourth-order valence-corrected chi connectivity index (χ4v) is 3.65. The van der Waals surface area contributed by atoms with Gasteiger partial charge >= 0.3 is 17.9 Å². The lowest BCUT2D eigenvalue weighted by molar-refractivity contribution is -0.139. The van der Waals surface area contributed by atoms with E-state index in [0.29, 0.717) is 5.56 Å². The molecule has 0 saturated carbocycles. The van der Waals surface area contributed by atoms with Crippen molar-refractivity contribution in [3.63, 3.8) is 0 Å². The van der Waals surface area contributed by atoms with E-state index in [1.807, 2.05) is 42.5 Å². The highest BCUT2D eigenvalue weighted by Crippen LogP contribution is 2.27. The third-order valence-electron chi connectivity index (χ3n) is 5.66. The summed E-state index contributed by atoms with van der Waals surface area (Å²) in [6, 6.07) is 22.5. The number of carbonyl (C=O) groups is 3. The minimum Gasteiger partial charge on any atom is -0.458 e. The van der Waals surface area contributed by atoms with Gasteiger partial charge in [0.05, 0.1) is 5.56 Å². The topological polar surface area (TPSA) is 78.9 Å². The van der Waals surface area contributed by atoms with Gasteiger partial charge in [-0.15, -0.1) is 0 Å². The van der Waals surface area contributed by atoms with Gasteiger partial charge < -0.3 is 14.2 Å². The van der Waals surface area contributed by atoms with Gasteiger partial charge in [0.15, 0.2) is 11.6 Å². The van der Waals surface area contributed by atoms with Crippen LogP contribution in [0.2, 0.25) is 0 Å². The molecule has 0 aliphatic heterocycles. The molecule has 38 heavy (non-hydrogen) atoms. The Bertz CT molecular complexity index is 1540. The van der Waals surface area contributed by atoms with Crippen LogP contribution in [0.5, 0.6) is 5.75 Å². The largest absolute Gasteiger partial charge is 0.458 e. The second kappa shape index (κ2) is 11.8. The van der Waals surface area contributed by atoms with Gasteiger partial charge in [-0.1, -0.05) is 61.7 Å². The van der Waals surface area contributed by atoms with Crippen molar-refractivity contribution in [2.24, 2.45) is 0 Å². The molecule has 7 heteroatoms. The van der Waals surface area contributed by atoms with Crippen molar-refractivity contribution in [2.75, 3.05) is 0 Å². The van der Waals surface area contributed by atoms with Gasteiger partial charge in [0.1, 0.15) is 13.2 Å². The molecule has 0 N–H and O–H groups in total. The molecule has 0 aromatic heterocycles. The first kappa shape index (κ1) is 26.0. The standard InChI is InChI=1S/C31H23FO6/c1-3-29(33)36-18-20-5-8-22(9-6-20)23-10-11-25-17-26(13-12-24(25)16-23)31(35)38-28-14-7-21(15-27(28)32)19-37-30(34)4-2/h3-17H,1-2,18-19H2. The zero-order valence-corrected chi connectivity index (χ0v) is 20.3. The maximum atomic E-state index is 14.4. The number of halogens is 1. The average molecular weight is 511 g/mol. The first-order valence-electron chi connectivity index (χ1n) is 11.6. The predicted octanol–water partition coefficient (Wildman–Crippen LogP) is 6.32. The van der Waals surface area contributed by atoms with Crippen molar-refractivity contribution in [3.05, 3.63) is 127 Å². The Balaban J connectivity index is 1.44. The average Bonchev–Trinajstić information content (AvgIpc) is 2.95. The quantitative estimate of drug-likeness (QED) is 0.149. The predicted molar refractivity (Wildman–Crippen MR) is 141 cm³/mol. The lowest BCUT2D eigenvalue weighted by Crippen LogP contribution is -2.10. The van der Waals surface area contributed by atoms with Crippen LogP contribution in [0.25, 0.3) is 21.9 Å². The molecule has 4 aromatic carbocycles.